The van der Waals surface area contributed by atoms with E-state index in [0.717, 1.165) is 19.3 Å². The number of nitrogens with one attached hydrogen (secondary N) is 1. The molecule has 0 atom stereocenters. The number of carbonyl (C=O) groups excluding carboxylic acids is 1. The fourth-order valence-electron chi connectivity index (χ4n) is 1.94. The minimum absolute atomic E-state index is 0.345. The summed E-state index contributed by atoms with van der Waals surface area (Å²) >= 11 is 0. The number of nitrogens with zero attached hydrogens (tertiary/aromatic N) is 1. The van der Waals surface area contributed by atoms with Crippen molar-refractivity contribution >= 4 is 16.1 Å². The molecule has 1 amide bonds. The summed E-state index contributed by atoms with van der Waals surface area (Å²) in [5.41, 5.74) is 0.345. The van der Waals surface area contributed by atoms with Crippen LogP contribution in [0.15, 0.2) is 30.3 Å². The van der Waals surface area contributed by atoms with E-state index in [4.69, 9.17) is 0 Å². The number of benzene rings is 1. The minimum Gasteiger partial charge on any atom is -0.268 e. The first kappa shape index (κ1) is 13.0. The number of hydrogen-bond donors (Lipinski definition) is 1. The van der Waals surface area contributed by atoms with Crippen molar-refractivity contribution in [1.82, 2.24) is 9.03 Å². The van der Waals surface area contributed by atoms with E-state index in [9.17, 15) is 13.2 Å². The molecular weight excluding hydrogens is 252 g/mol. The van der Waals surface area contributed by atoms with Crippen LogP contribution in [-0.2, 0) is 10.2 Å². The first-order valence-electron chi connectivity index (χ1n) is 5.97. The van der Waals surface area contributed by atoms with Gasteiger partial charge in [0.25, 0.3) is 5.91 Å². The largest absolute Gasteiger partial charge is 0.304 e. The van der Waals surface area contributed by atoms with Crippen LogP contribution in [0.3, 0.4) is 0 Å². The molecule has 6 heteroatoms. The van der Waals surface area contributed by atoms with E-state index >= 15 is 0 Å². The Morgan fingerprint density at radius 1 is 1.06 bits per heavy atom. The molecule has 1 aliphatic rings. The summed E-state index contributed by atoms with van der Waals surface area (Å²) in [6.07, 6.45) is 2.74. The van der Waals surface area contributed by atoms with Gasteiger partial charge in [-0.05, 0) is 25.0 Å². The maximum absolute atomic E-state index is 12.0. The van der Waals surface area contributed by atoms with Gasteiger partial charge in [-0.2, -0.15) is 12.7 Å². The fourth-order valence-corrected chi connectivity index (χ4v) is 3.16. The molecule has 1 fully saturated rings. The second-order valence-corrected chi connectivity index (χ2v) is 5.93. The van der Waals surface area contributed by atoms with Crippen molar-refractivity contribution < 1.29 is 13.2 Å². The molecule has 98 valence electrons. The van der Waals surface area contributed by atoms with Gasteiger partial charge in [-0.3, -0.25) is 4.79 Å². The highest BCUT2D eigenvalue weighted by atomic mass is 32.2. The zero-order valence-corrected chi connectivity index (χ0v) is 10.8. The maximum Gasteiger partial charge on any atom is 0.304 e. The average molecular weight is 268 g/mol. The predicted octanol–water partition coefficient (Wildman–Crippen LogP) is 1.15. The van der Waals surface area contributed by atoms with Crippen molar-refractivity contribution in [2.45, 2.75) is 19.3 Å². The van der Waals surface area contributed by atoms with Crippen LogP contribution in [-0.4, -0.2) is 31.7 Å². The standard InChI is InChI=1S/C12H16N2O3S/c15-12(11-7-3-1-4-8-11)13-18(16,17)14-9-5-2-6-10-14/h1,3-4,7-8H,2,5-6,9-10H2,(H,13,15). The molecule has 0 bridgehead atoms. The summed E-state index contributed by atoms with van der Waals surface area (Å²) in [7, 11) is -3.70. The van der Waals surface area contributed by atoms with Crippen LogP contribution in [0.5, 0.6) is 0 Å². The average Bonchev–Trinajstić information content (AvgIpc) is 2.40. The van der Waals surface area contributed by atoms with Gasteiger partial charge < -0.3 is 0 Å². The molecule has 1 aromatic carbocycles. The first-order chi connectivity index (χ1) is 8.59. The van der Waals surface area contributed by atoms with Crippen molar-refractivity contribution in [3.05, 3.63) is 35.9 Å². The van der Waals surface area contributed by atoms with Crippen molar-refractivity contribution in [1.29, 1.82) is 0 Å². The van der Waals surface area contributed by atoms with E-state index in [-0.39, 0.29) is 0 Å². The molecule has 0 spiro atoms. The molecule has 1 aliphatic heterocycles. The summed E-state index contributed by atoms with van der Waals surface area (Å²) in [5.74, 6) is -0.582. The molecule has 0 unspecified atom stereocenters. The lowest BCUT2D eigenvalue weighted by Crippen LogP contribution is -2.45. The van der Waals surface area contributed by atoms with Crippen molar-refractivity contribution in [3.63, 3.8) is 0 Å². The number of rotatable bonds is 3. The third-order valence-electron chi connectivity index (χ3n) is 2.91. The second kappa shape index (κ2) is 5.49. The molecule has 0 saturated carbocycles. The normalized spacial score (nSPS) is 17.3. The summed E-state index contributed by atoms with van der Waals surface area (Å²) < 4.78 is 27.4. The molecule has 1 N–H and O–H groups in total. The van der Waals surface area contributed by atoms with E-state index in [1.165, 1.54) is 4.31 Å². The third-order valence-corrected chi connectivity index (χ3v) is 4.40. The number of carbonyl (C=O) groups is 1. The summed E-state index contributed by atoms with van der Waals surface area (Å²) in [5, 5.41) is 0. The van der Waals surface area contributed by atoms with Gasteiger partial charge in [-0.1, -0.05) is 24.6 Å². The Labute approximate surface area is 107 Å². The monoisotopic (exact) mass is 268 g/mol. The molecule has 5 nitrogen and oxygen atoms in total. The molecule has 1 aromatic rings. The smallest absolute Gasteiger partial charge is 0.268 e. The maximum atomic E-state index is 12.0. The van der Waals surface area contributed by atoms with Crippen molar-refractivity contribution in [2.75, 3.05) is 13.1 Å². The lowest BCUT2D eigenvalue weighted by Gasteiger charge is -2.25. The second-order valence-electron chi connectivity index (χ2n) is 4.26. The van der Waals surface area contributed by atoms with E-state index < -0.39 is 16.1 Å². The van der Waals surface area contributed by atoms with Gasteiger partial charge in [-0.25, -0.2) is 4.72 Å². The van der Waals surface area contributed by atoms with Crippen LogP contribution in [0.25, 0.3) is 0 Å². The van der Waals surface area contributed by atoms with Gasteiger partial charge in [0.05, 0.1) is 0 Å². The van der Waals surface area contributed by atoms with Gasteiger partial charge in [0, 0.05) is 18.7 Å². The Balaban J connectivity index is 2.06. The highest BCUT2D eigenvalue weighted by molar-refractivity contribution is 7.87. The quantitative estimate of drug-likeness (QED) is 0.894. The molecule has 2 rings (SSSR count). The molecule has 0 aromatic heterocycles. The van der Waals surface area contributed by atoms with E-state index in [0.29, 0.717) is 18.7 Å². The predicted molar refractivity (Wildman–Crippen MR) is 68.3 cm³/mol. The Morgan fingerprint density at radius 2 is 1.67 bits per heavy atom. The molecular formula is C12H16N2O3S. The topological polar surface area (TPSA) is 66.5 Å². The van der Waals surface area contributed by atoms with Gasteiger partial charge in [0.2, 0.25) is 0 Å². The highest BCUT2D eigenvalue weighted by Crippen LogP contribution is 2.12. The highest BCUT2D eigenvalue weighted by Gasteiger charge is 2.25. The first-order valence-corrected chi connectivity index (χ1v) is 7.41. The van der Waals surface area contributed by atoms with Crippen LogP contribution in [0.2, 0.25) is 0 Å². The lowest BCUT2D eigenvalue weighted by atomic mass is 10.2. The van der Waals surface area contributed by atoms with Crippen LogP contribution < -0.4 is 4.72 Å². The van der Waals surface area contributed by atoms with Gasteiger partial charge in [-0.15, -0.1) is 0 Å². The van der Waals surface area contributed by atoms with Crippen LogP contribution in [0.4, 0.5) is 0 Å². The molecule has 0 radical (unpaired) electrons. The Bertz CT molecular complexity index is 507. The van der Waals surface area contributed by atoms with Crippen molar-refractivity contribution in [2.24, 2.45) is 0 Å². The van der Waals surface area contributed by atoms with Gasteiger partial charge >= 0.3 is 10.2 Å². The molecule has 1 saturated heterocycles. The molecule has 0 aliphatic carbocycles. The molecule has 18 heavy (non-hydrogen) atoms. The minimum atomic E-state index is -3.70. The number of piperidine rings is 1. The summed E-state index contributed by atoms with van der Waals surface area (Å²) in [6, 6.07) is 8.34. The summed E-state index contributed by atoms with van der Waals surface area (Å²) in [6.45, 7) is 0.967. The number of amides is 1. The number of hydrogen-bond acceptors (Lipinski definition) is 3. The zero-order chi connectivity index (χ0) is 13.0. The fraction of sp³-hybridized carbons (Fsp3) is 0.417. The lowest BCUT2D eigenvalue weighted by molar-refractivity contribution is 0.0978. The molecule has 1 heterocycles. The van der Waals surface area contributed by atoms with E-state index in [2.05, 4.69) is 4.72 Å². The van der Waals surface area contributed by atoms with E-state index in [1.54, 1.807) is 30.3 Å². The van der Waals surface area contributed by atoms with Crippen LogP contribution in [0.1, 0.15) is 29.6 Å². The van der Waals surface area contributed by atoms with E-state index in [1.807, 2.05) is 0 Å². The Morgan fingerprint density at radius 3 is 2.28 bits per heavy atom. The SMILES string of the molecule is O=C(NS(=O)(=O)N1CCCCC1)c1ccccc1. The summed E-state index contributed by atoms with van der Waals surface area (Å²) in [4.78, 5) is 11.8. The van der Waals surface area contributed by atoms with Crippen LogP contribution in [0, 0.1) is 0 Å². The van der Waals surface area contributed by atoms with Crippen molar-refractivity contribution in [3.8, 4) is 0 Å². The van der Waals surface area contributed by atoms with Gasteiger partial charge in [0.15, 0.2) is 0 Å². The Kier molecular flexibility index (Phi) is 3.98. The van der Waals surface area contributed by atoms with Gasteiger partial charge in [0.1, 0.15) is 0 Å². The van der Waals surface area contributed by atoms with Crippen LogP contribution >= 0.6 is 0 Å². The zero-order valence-electron chi connectivity index (χ0n) is 10.0. The third kappa shape index (κ3) is 3.08. The Hall–Kier alpha value is -1.40.